The van der Waals surface area contributed by atoms with Crippen LogP contribution in [0.2, 0.25) is 0 Å². The Morgan fingerprint density at radius 2 is 1.20 bits per heavy atom. The minimum atomic E-state index is -5.68. The predicted molar refractivity (Wildman–Crippen MR) is 321 cm³/mol. The zero-order chi connectivity index (χ0) is 68.3. The third-order valence-electron chi connectivity index (χ3n) is 13.8. The van der Waals surface area contributed by atoms with Gasteiger partial charge in [-0.05, 0) is 61.2 Å². The third kappa shape index (κ3) is 23.2. The van der Waals surface area contributed by atoms with Gasteiger partial charge in [0, 0.05) is 116 Å². The number of aromatic nitrogens is 3. The Morgan fingerprint density at radius 1 is 0.674 bits per heavy atom. The summed E-state index contributed by atoms with van der Waals surface area (Å²) in [6.45, 7) is -1.39. The molecule has 2 aromatic carbocycles. The molecule has 40 heteroatoms. The van der Waals surface area contributed by atoms with Crippen molar-refractivity contribution in [2.24, 2.45) is 7.05 Å². The molecule has 0 saturated carbocycles. The summed E-state index contributed by atoms with van der Waals surface area (Å²) < 4.78 is 106. The number of anilines is 1. The van der Waals surface area contributed by atoms with Crippen molar-refractivity contribution in [2.75, 3.05) is 110 Å². The largest absolute Gasteiger partial charge is 0.494 e. The number of carbonyl (C=O) groups excluding carboxylic acids is 5. The molecule has 0 spiro atoms. The average molecular weight is 1360 g/mol. The Labute approximate surface area is 525 Å². The van der Waals surface area contributed by atoms with Crippen molar-refractivity contribution in [1.29, 1.82) is 0 Å². The number of ether oxygens (including phenoxy) is 1. The van der Waals surface area contributed by atoms with Gasteiger partial charge >= 0.3 is 23.9 Å². The summed E-state index contributed by atoms with van der Waals surface area (Å²) in [5, 5.41) is 45.5. The molecule has 1 aliphatic rings. The quantitative estimate of drug-likeness (QED) is 0.0161. The second-order valence-electron chi connectivity index (χ2n) is 21.0. The van der Waals surface area contributed by atoms with E-state index in [1.165, 1.54) is 57.1 Å². The topological polar surface area (TPSA) is 535 Å². The van der Waals surface area contributed by atoms with Crippen LogP contribution in [0.5, 0.6) is 5.75 Å². The first-order valence-electron chi connectivity index (χ1n) is 27.9. The third-order valence-corrected chi connectivity index (χ3v) is 17.4. The molecule has 5 rings (SSSR count). The number of hydrogen-bond donors (Lipinski definition) is 14. The van der Waals surface area contributed by atoms with Gasteiger partial charge in [0.15, 0.2) is 5.95 Å². The summed E-state index contributed by atoms with van der Waals surface area (Å²) in [5.74, 6) is -11.3. The van der Waals surface area contributed by atoms with E-state index in [1.54, 1.807) is 47.5 Å². The smallest absolute Gasteiger partial charge is 0.323 e. The van der Waals surface area contributed by atoms with Crippen molar-refractivity contribution in [3.63, 3.8) is 0 Å². The van der Waals surface area contributed by atoms with Gasteiger partial charge in [0.1, 0.15) is 17.4 Å². The van der Waals surface area contributed by atoms with Crippen LogP contribution in [0.3, 0.4) is 0 Å². The monoisotopic (exact) mass is 1360 g/mol. The molecule has 3 atom stereocenters. The summed E-state index contributed by atoms with van der Waals surface area (Å²) in [7, 11) is -14.3. The van der Waals surface area contributed by atoms with Crippen molar-refractivity contribution in [2.45, 2.75) is 54.9 Å². The summed E-state index contributed by atoms with van der Waals surface area (Å²) >= 11 is 0. The number of fused-ring (bicyclic) bond motifs is 1. The van der Waals surface area contributed by atoms with Crippen LogP contribution >= 0.6 is 0 Å². The van der Waals surface area contributed by atoms with Crippen molar-refractivity contribution in [3.8, 4) is 5.75 Å². The minimum absolute atomic E-state index is 0.00634. The van der Waals surface area contributed by atoms with Gasteiger partial charge in [0.25, 0.3) is 38.0 Å². The molecular weight excluding hydrogens is 1280 g/mol. The van der Waals surface area contributed by atoms with Crippen molar-refractivity contribution < 1.29 is 103 Å². The number of amides is 5. The molecule has 14 N–H and O–H groups in total. The maximum Gasteiger partial charge on any atom is 0.323 e. The fourth-order valence-corrected chi connectivity index (χ4v) is 12.3. The first kappa shape index (κ1) is 74.0. The number of carboxylic acids is 4. The molecule has 1 fully saturated rings. The Hall–Kier alpha value is -8.74. The van der Waals surface area contributed by atoms with Crippen LogP contribution in [0.1, 0.15) is 39.9 Å². The van der Waals surface area contributed by atoms with Gasteiger partial charge in [-0.25, -0.2) is 13.4 Å². The number of nitrogens with zero attached hydrogens (tertiary/aromatic N) is 6. The van der Waals surface area contributed by atoms with E-state index in [1.807, 2.05) is 5.32 Å². The molecule has 4 aromatic rings. The van der Waals surface area contributed by atoms with Crippen LogP contribution in [0.25, 0.3) is 10.9 Å². The highest BCUT2D eigenvalue weighted by Gasteiger charge is 2.40. The van der Waals surface area contributed by atoms with Crippen LogP contribution in [-0.4, -0.2) is 264 Å². The number of aliphatic carboxylic acids is 4. The van der Waals surface area contributed by atoms with Gasteiger partial charge in [-0.15, -0.1) is 0 Å². The Balaban J connectivity index is 1.09. The van der Waals surface area contributed by atoms with Crippen molar-refractivity contribution >= 4 is 101 Å². The average Bonchev–Trinajstić information content (AvgIpc) is 0.855. The van der Waals surface area contributed by atoms with Crippen LogP contribution < -0.4 is 46.8 Å². The maximum atomic E-state index is 13.7. The van der Waals surface area contributed by atoms with E-state index in [9.17, 15) is 103 Å². The van der Waals surface area contributed by atoms with E-state index in [0.29, 0.717) is 17.0 Å². The lowest BCUT2D eigenvalue weighted by molar-refractivity contribution is -0.140. The van der Waals surface area contributed by atoms with Gasteiger partial charge in [0.2, 0.25) is 38.0 Å². The van der Waals surface area contributed by atoms with E-state index >= 15 is 0 Å². The number of carbonyl (C=O) groups is 9. The van der Waals surface area contributed by atoms with Gasteiger partial charge < -0.3 is 66.6 Å². The number of rotatable bonds is 32. The Kier molecular flexibility index (Phi) is 27.0. The van der Waals surface area contributed by atoms with Crippen LogP contribution in [0, 0.1) is 13.8 Å². The highest BCUT2D eigenvalue weighted by Crippen LogP contribution is 2.26. The zero-order valence-electron chi connectivity index (χ0n) is 49.8. The molecule has 37 nitrogen and oxygen atoms in total. The van der Waals surface area contributed by atoms with Crippen molar-refractivity contribution in [3.05, 3.63) is 81.4 Å². The fourth-order valence-electron chi connectivity index (χ4n) is 9.42. The number of aryl methyl sites for hydroxylation is 3. The second kappa shape index (κ2) is 33.5. The first-order chi connectivity index (χ1) is 43.1. The standard InChI is InChI=1S/C52H72N14O23S3/c1-31-21-34(22-32(2)45(31)90(81,82)61-37(51(79)80)25-57-46(76)36-26-62(3)38-7-6-33(23-35(38)44(36)75)24-58-52-55-10-11-56-52)89-20-4-5-39(67)53-8-9-54-47(77)49(91(83,84)85)60-48(78)50(92(86,87)88)59-40(68)27-63-12-14-64(28-41(69)70)16-18-66(30-43(73)74)19-17-65(15-13-63)29-42(71)72/h6-7,10-11,21-23,26,37,49-50,61H,4-5,8-9,12-20,24-25,27-30H2,1-3H3,(H,53,67)(H,54,77)(H,57,76)(H,59,68)(H,60,78)(H,69,70)(H,71,72)(H,73,74)(H,79,80)(H2,55,56,58)(H,83,84,85)(H,86,87,88). The number of imidazole rings is 1. The number of benzene rings is 2. The lowest BCUT2D eigenvalue weighted by Gasteiger charge is -2.33. The summed E-state index contributed by atoms with van der Waals surface area (Å²) in [6.07, 6.45) is 4.30. The van der Waals surface area contributed by atoms with Crippen LogP contribution in [0.15, 0.2) is 58.6 Å². The molecule has 0 bridgehead atoms. The Morgan fingerprint density at radius 3 is 1.70 bits per heavy atom. The van der Waals surface area contributed by atoms with Gasteiger partial charge in [0.05, 0.1) is 43.2 Å². The Bertz CT molecular complexity index is 3720. The molecule has 1 aliphatic heterocycles. The second-order valence-corrected chi connectivity index (χ2v) is 25.6. The number of hydrogen-bond acceptors (Lipinski definition) is 23. The molecule has 5 amide bonds. The molecule has 3 heterocycles. The van der Waals surface area contributed by atoms with Gasteiger partial charge in [-0.2, -0.15) is 21.6 Å². The normalized spacial score (nSPS) is 15.3. The van der Waals surface area contributed by atoms with E-state index in [0.717, 1.165) is 0 Å². The number of sulfonamides is 1. The number of carboxylic acid groups (broad SMARTS) is 4. The maximum absolute atomic E-state index is 13.7. The van der Waals surface area contributed by atoms with E-state index < -0.39 is 152 Å². The first-order valence-corrected chi connectivity index (χ1v) is 32.3. The molecule has 0 aliphatic carbocycles. The number of aromatic amines is 1. The highest BCUT2D eigenvalue weighted by atomic mass is 32.2. The number of pyridine rings is 1. The zero-order valence-corrected chi connectivity index (χ0v) is 52.3. The predicted octanol–water partition coefficient (Wildman–Crippen LogP) is -4.82. The lowest BCUT2D eigenvalue weighted by atomic mass is 10.1. The lowest BCUT2D eigenvalue weighted by Crippen LogP contribution is -2.59. The summed E-state index contributed by atoms with van der Waals surface area (Å²) in [4.78, 5) is 138. The number of H-pyrrole nitrogens is 1. The highest BCUT2D eigenvalue weighted by molar-refractivity contribution is 7.89. The van der Waals surface area contributed by atoms with E-state index in [-0.39, 0.29) is 111 Å². The van der Waals surface area contributed by atoms with E-state index in [4.69, 9.17) is 4.74 Å². The van der Waals surface area contributed by atoms with Crippen LogP contribution in [0.4, 0.5) is 5.95 Å². The van der Waals surface area contributed by atoms with Gasteiger partial charge in [-0.3, -0.25) is 76.7 Å². The summed E-state index contributed by atoms with van der Waals surface area (Å²) in [5.41, 5.74) is 0.446. The minimum Gasteiger partial charge on any atom is -0.494 e. The molecule has 2 aromatic heterocycles. The molecule has 0 radical (unpaired) electrons. The molecule has 3 unspecified atom stereocenters. The molecule has 506 valence electrons. The molecule has 92 heavy (non-hydrogen) atoms. The van der Waals surface area contributed by atoms with Gasteiger partial charge in [-0.1, -0.05) is 6.07 Å². The fraction of sp³-hybridized carbons (Fsp3) is 0.481. The molecule has 1 saturated heterocycles. The number of nitrogens with one attached hydrogen (secondary N) is 8. The van der Waals surface area contributed by atoms with E-state index in [2.05, 4.69) is 30.6 Å². The SMILES string of the molecule is Cc1cc(OCCCC(=O)NCCNC(=O)C(NC(=O)C(NC(=O)CN2CCN(CC(=O)O)CCN(CC(=O)O)CCN(CC(=O)O)CC2)S(=O)(=O)O)S(=O)(=O)O)cc(C)c1S(=O)(=O)NC(CNC(=O)c1cn(C)c2ccc(CNc3ncc[nH]3)cc2c1=O)C(=O)O. The summed E-state index contributed by atoms with van der Waals surface area (Å²) in [6, 6.07) is 5.85. The van der Waals surface area contributed by atoms with Crippen LogP contribution in [-0.2, 0) is 82.2 Å². The molecular formula is C52H72N14O23S3. The van der Waals surface area contributed by atoms with Crippen molar-refractivity contribution in [1.82, 2.24) is 65.4 Å².